The van der Waals surface area contributed by atoms with Gasteiger partial charge in [-0.25, -0.2) is 4.98 Å². The SMILES string of the molecule is O=c1c2c3c(sc2nc(SCCCO)n1C1CCCC1)CCCC3. The van der Waals surface area contributed by atoms with Crippen molar-refractivity contribution in [2.45, 2.75) is 69.0 Å². The third-order valence-corrected chi connectivity index (χ3v) is 7.44. The molecular weight excluding hydrogens is 340 g/mol. The van der Waals surface area contributed by atoms with E-state index in [1.165, 1.54) is 36.1 Å². The Balaban J connectivity index is 1.85. The minimum Gasteiger partial charge on any atom is -0.396 e. The summed E-state index contributed by atoms with van der Waals surface area (Å²) in [5, 5.41) is 10.8. The first kappa shape index (κ1) is 16.6. The highest BCUT2D eigenvalue weighted by Crippen LogP contribution is 2.37. The van der Waals surface area contributed by atoms with Gasteiger partial charge in [-0.15, -0.1) is 11.3 Å². The van der Waals surface area contributed by atoms with Crippen molar-refractivity contribution in [1.82, 2.24) is 9.55 Å². The Morgan fingerprint density at radius 3 is 2.79 bits per heavy atom. The van der Waals surface area contributed by atoms with Crippen LogP contribution < -0.4 is 5.56 Å². The molecule has 1 saturated carbocycles. The van der Waals surface area contributed by atoms with Crippen molar-refractivity contribution < 1.29 is 5.11 Å². The van der Waals surface area contributed by atoms with Gasteiger partial charge in [0.2, 0.25) is 0 Å². The Morgan fingerprint density at radius 1 is 1.21 bits per heavy atom. The van der Waals surface area contributed by atoms with Crippen LogP contribution in [0.3, 0.4) is 0 Å². The average Bonchev–Trinajstić information content (AvgIpc) is 3.22. The van der Waals surface area contributed by atoms with Gasteiger partial charge in [-0.2, -0.15) is 0 Å². The summed E-state index contributed by atoms with van der Waals surface area (Å²) in [5.41, 5.74) is 1.48. The number of fused-ring (bicyclic) bond motifs is 3. The largest absolute Gasteiger partial charge is 0.396 e. The summed E-state index contributed by atoms with van der Waals surface area (Å²) in [6.07, 6.45) is 9.89. The maximum atomic E-state index is 13.4. The zero-order valence-electron chi connectivity index (χ0n) is 13.9. The number of nitrogens with zero attached hydrogens (tertiary/aromatic N) is 2. The van der Waals surface area contributed by atoms with E-state index in [-0.39, 0.29) is 12.2 Å². The molecule has 0 spiro atoms. The number of aliphatic hydroxyl groups excluding tert-OH is 1. The molecule has 0 aliphatic heterocycles. The minimum absolute atomic E-state index is 0.191. The Bertz CT molecular complexity index is 790. The number of thiophene rings is 1. The Kier molecular flexibility index (Phi) is 4.97. The Labute approximate surface area is 150 Å². The first-order chi connectivity index (χ1) is 11.8. The summed E-state index contributed by atoms with van der Waals surface area (Å²) in [6, 6.07) is 0.310. The van der Waals surface area contributed by atoms with Crippen molar-refractivity contribution in [2.24, 2.45) is 0 Å². The van der Waals surface area contributed by atoms with Gasteiger partial charge in [-0.05, 0) is 50.5 Å². The monoisotopic (exact) mass is 364 g/mol. The molecule has 24 heavy (non-hydrogen) atoms. The van der Waals surface area contributed by atoms with Gasteiger partial charge in [0.15, 0.2) is 5.16 Å². The molecule has 0 aromatic carbocycles. The Hall–Kier alpha value is -0.850. The molecule has 2 aliphatic rings. The summed E-state index contributed by atoms with van der Waals surface area (Å²) >= 11 is 3.36. The van der Waals surface area contributed by atoms with Crippen molar-refractivity contribution in [2.75, 3.05) is 12.4 Å². The van der Waals surface area contributed by atoms with Crippen LogP contribution in [0.5, 0.6) is 0 Å². The van der Waals surface area contributed by atoms with E-state index in [2.05, 4.69) is 0 Å². The molecule has 1 N–H and O–H groups in total. The fourth-order valence-corrected chi connectivity index (χ4v) is 6.31. The second-order valence-electron chi connectivity index (χ2n) is 6.82. The zero-order valence-corrected chi connectivity index (χ0v) is 15.6. The summed E-state index contributed by atoms with van der Waals surface area (Å²) in [7, 11) is 0. The zero-order chi connectivity index (χ0) is 16.5. The Morgan fingerprint density at radius 2 is 2.00 bits per heavy atom. The topological polar surface area (TPSA) is 55.1 Å². The van der Waals surface area contributed by atoms with E-state index in [1.807, 2.05) is 4.57 Å². The van der Waals surface area contributed by atoms with Crippen LogP contribution in [-0.2, 0) is 12.8 Å². The molecule has 1 fully saturated rings. The molecule has 0 saturated heterocycles. The number of aromatic nitrogens is 2. The highest BCUT2D eigenvalue weighted by molar-refractivity contribution is 7.99. The normalized spacial score (nSPS) is 18.4. The maximum Gasteiger partial charge on any atom is 0.263 e. The van der Waals surface area contributed by atoms with Crippen LogP contribution >= 0.6 is 23.1 Å². The lowest BCUT2D eigenvalue weighted by molar-refractivity contribution is 0.296. The second-order valence-corrected chi connectivity index (χ2v) is 8.97. The van der Waals surface area contributed by atoms with E-state index in [0.29, 0.717) is 6.04 Å². The summed E-state index contributed by atoms with van der Waals surface area (Å²) in [6.45, 7) is 0.191. The van der Waals surface area contributed by atoms with Crippen LogP contribution in [0.25, 0.3) is 10.2 Å². The van der Waals surface area contributed by atoms with E-state index >= 15 is 0 Å². The smallest absolute Gasteiger partial charge is 0.263 e. The van der Waals surface area contributed by atoms with E-state index in [9.17, 15) is 4.79 Å². The lowest BCUT2D eigenvalue weighted by Gasteiger charge is -2.18. The molecule has 2 aromatic rings. The minimum atomic E-state index is 0.191. The van der Waals surface area contributed by atoms with Crippen LogP contribution in [0, 0.1) is 0 Å². The van der Waals surface area contributed by atoms with E-state index in [4.69, 9.17) is 10.1 Å². The van der Waals surface area contributed by atoms with Crippen molar-refractivity contribution in [3.63, 3.8) is 0 Å². The highest BCUT2D eigenvalue weighted by atomic mass is 32.2. The van der Waals surface area contributed by atoms with Gasteiger partial charge in [0.1, 0.15) is 4.83 Å². The molecule has 0 radical (unpaired) electrons. The molecular formula is C18H24N2O2S2. The van der Waals surface area contributed by atoms with Gasteiger partial charge < -0.3 is 5.11 Å². The molecule has 0 unspecified atom stereocenters. The number of aryl methyl sites for hydroxylation is 2. The lowest BCUT2D eigenvalue weighted by Crippen LogP contribution is -2.26. The molecule has 6 heteroatoms. The van der Waals surface area contributed by atoms with Crippen LogP contribution in [0.1, 0.15) is 61.4 Å². The predicted molar refractivity (Wildman–Crippen MR) is 100 cm³/mol. The van der Waals surface area contributed by atoms with Crippen molar-refractivity contribution in [3.05, 3.63) is 20.8 Å². The van der Waals surface area contributed by atoms with Gasteiger partial charge >= 0.3 is 0 Å². The van der Waals surface area contributed by atoms with Crippen molar-refractivity contribution in [3.8, 4) is 0 Å². The fraction of sp³-hybridized carbons (Fsp3) is 0.667. The number of thioether (sulfide) groups is 1. The third kappa shape index (κ3) is 2.93. The molecule has 0 bridgehead atoms. The van der Waals surface area contributed by atoms with Crippen LogP contribution in [0.4, 0.5) is 0 Å². The highest BCUT2D eigenvalue weighted by Gasteiger charge is 2.26. The quantitative estimate of drug-likeness (QED) is 0.496. The average molecular weight is 365 g/mol. The third-order valence-electron chi connectivity index (χ3n) is 5.21. The molecule has 2 aromatic heterocycles. The van der Waals surface area contributed by atoms with Crippen molar-refractivity contribution >= 4 is 33.3 Å². The van der Waals surface area contributed by atoms with Gasteiger partial charge in [0.25, 0.3) is 5.56 Å². The van der Waals surface area contributed by atoms with E-state index in [0.717, 1.165) is 53.2 Å². The molecule has 2 heterocycles. The molecule has 4 nitrogen and oxygen atoms in total. The standard InChI is InChI=1S/C18H24N2O2S2/c21-10-5-11-23-18-19-16-15(13-8-3-4-9-14(13)24-16)17(22)20(18)12-6-1-2-7-12/h12,21H,1-11H2. The van der Waals surface area contributed by atoms with E-state index < -0.39 is 0 Å². The maximum absolute atomic E-state index is 13.4. The van der Waals surface area contributed by atoms with E-state index in [1.54, 1.807) is 23.1 Å². The van der Waals surface area contributed by atoms with Gasteiger partial charge in [0.05, 0.1) is 5.39 Å². The lowest BCUT2D eigenvalue weighted by atomic mass is 9.97. The molecule has 4 rings (SSSR count). The number of hydrogen-bond donors (Lipinski definition) is 1. The van der Waals surface area contributed by atoms with Gasteiger partial charge in [-0.3, -0.25) is 9.36 Å². The van der Waals surface area contributed by atoms with Crippen LogP contribution in [0.2, 0.25) is 0 Å². The molecule has 0 atom stereocenters. The molecule has 2 aliphatic carbocycles. The molecule has 0 amide bonds. The van der Waals surface area contributed by atoms with Crippen LogP contribution in [-0.4, -0.2) is 27.0 Å². The summed E-state index contributed by atoms with van der Waals surface area (Å²) < 4.78 is 2.00. The molecule has 130 valence electrons. The number of rotatable bonds is 5. The second kappa shape index (κ2) is 7.18. The first-order valence-electron chi connectivity index (χ1n) is 9.10. The fourth-order valence-electron chi connectivity index (χ4n) is 4.01. The number of hydrogen-bond acceptors (Lipinski definition) is 5. The van der Waals surface area contributed by atoms with Crippen LogP contribution in [0.15, 0.2) is 9.95 Å². The summed E-state index contributed by atoms with van der Waals surface area (Å²) in [4.78, 5) is 20.6. The predicted octanol–water partition coefficient (Wildman–Crippen LogP) is 3.93. The number of aliphatic hydroxyl groups is 1. The van der Waals surface area contributed by atoms with Gasteiger partial charge in [0, 0.05) is 23.3 Å². The first-order valence-corrected chi connectivity index (χ1v) is 10.9. The van der Waals surface area contributed by atoms with Gasteiger partial charge in [-0.1, -0.05) is 24.6 Å². The summed E-state index contributed by atoms with van der Waals surface area (Å²) in [5.74, 6) is 0.812. The van der Waals surface area contributed by atoms with Crippen molar-refractivity contribution in [1.29, 1.82) is 0 Å².